The van der Waals surface area contributed by atoms with Gasteiger partial charge in [0.1, 0.15) is 17.2 Å². The number of nitrogens with zero attached hydrogens (tertiary/aromatic N) is 2. The minimum atomic E-state index is -1.66. The molecule has 5 aromatic carbocycles. The summed E-state index contributed by atoms with van der Waals surface area (Å²) in [5.74, 6) is -2.85. The molecular weight excluding hydrogens is 644 g/mol. The number of imide groups is 1. The molecule has 0 aromatic heterocycles. The lowest BCUT2D eigenvalue weighted by Crippen LogP contribution is -2.45. The van der Waals surface area contributed by atoms with Crippen LogP contribution in [0.1, 0.15) is 27.8 Å². The van der Waals surface area contributed by atoms with E-state index < -0.39 is 39.4 Å². The Morgan fingerprint density at radius 3 is 1.45 bits per heavy atom. The number of allylic oxidation sites excluding steroid dienone is 2. The third-order valence-electron chi connectivity index (χ3n) is 10.8. The Bertz CT molecular complexity index is 2160. The van der Waals surface area contributed by atoms with Gasteiger partial charge in [0.15, 0.2) is 5.78 Å². The van der Waals surface area contributed by atoms with Crippen molar-refractivity contribution in [1.29, 1.82) is 0 Å². The summed E-state index contributed by atoms with van der Waals surface area (Å²) in [6.45, 7) is 1.71. The number of amides is 2. The lowest BCUT2D eigenvalue weighted by molar-refractivity contribution is -0.384. The number of ketones is 1. The number of benzene rings is 5. The van der Waals surface area contributed by atoms with Gasteiger partial charge in [-0.15, -0.1) is 0 Å². The molecule has 8 rings (SSSR count). The summed E-state index contributed by atoms with van der Waals surface area (Å²) in [5, 5.41) is 12.4. The molecule has 4 atom stereocenters. The molecule has 9 nitrogen and oxygen atoms in total. The van der Waals surface area contributed by atoms with E-state index in [1.165, 1.54) is 12.1 Å². The maximum Gasteiger partial charge on any atom is 0.293 e. The number of carbonyl (C=O) groups is 3. The van der Waals surface area contributed by atoms with Gasteiger partial charge in [-0.1, -0.05) is 91.0 Å². The Morgan fingerprint density at radius 2 is 1.06 bits per heavy atom. The van der Waals surface area contributed by atoms with Crippen LogP contribution in [-0.4, -0.2) is 36.7 Å². The van der Waals surface area contributed by atoms with Crippen LogP contribution in [0.25, 0.3) is 11.1 Å². The zero-order valence-electron chi connectivity index (χ0n) is 28.0. The number of nitro groups is 1. The Labute approximate surface area is 293 Å². The number of Topliss-reactive ketones (excluding diaryl/α,β-unsaturated/α-hetero) is 1. The van der Waals surface area contributed by atoms with Crippen molar-refractivity contribution < 1.29 is 28.8 Å². The smallest absolute Gasteiger partial charge is 0.293 e. The van der Waals surface area contributed by atoms with Crippen LogP contribution in [0.2, 0.25) is 0 Å². The summed E-state index contributed by atoms with van der Waals surface area (Å²) < 4.78 is 11.0. The largest absolute Gasteiger partial charge is 0.497 e. The third-order valence-corrected chi connectivity index (χ3v) is 10.8. The zero-order valence-corrected chi connectivity index (χ0v) is 28.0. The highest BCUT2D eigenvalue weighted by atomic mass is 16.6. The predicted molar refractivity (Wildman–Crippen MR) is 191 cm³/mol. The van der Waals surface area contributed by atoms with Crippen LogP contribution in [-0.2, 0) is 25.2 Å². The zero-order chi connectivity index (χ0) is 35.7. The first-order valence-electron chi connectivity index (χ1n) is 16.5. The van der Waals surface area contributed by atoms with E-state index in [9.17, 15) is 10.1 Å². The van der Waals surface area contributed by atoms with Gasteiger partial charge in [0.25, 0.3) is 5.69 Å². The molecule has 1 heterocycles. The number of nitro benzene ring substituents is 1. The number of rotatable bonds is 8. The fourth-order valence-corrected chi connectivity index (χ4v) is 8.85. The van der Waals surface area contributed by atoms with Crippen molar-refractivity contribution in [3.8, 4) is 11.5 Å². The van der Waals surface area contributed by atoms with Crippen LogP contribution in [0.15, 0.2) is 127 Å². The molecule has 2 fully saturated rings. The number of ether oxygens (including phenoxy) is 2. The van der Waals surface area contributed by atoms with E-state index in [0.29, 0.717) is 50.5 Å². The SMILES string of the molecule is COc1ccc(C2=C(c3ccc(OC)cc3)[C@]3(c4ccccc4)C(=O)[C@@]2(c2ccccc2)[C@@H]2C(=O)N(c4ccc(C)cc4[N+](=O)[O-])C(=O)[C@@H]23)cc1. The van der Waals surface area contributed by atoms with Gasteiger partial charge >= 0.3 is 0 Å². The fourth-order valence-electron chi connectivity index (χ4n) is 8.85. The Balaban J connectivity index is 1.54. The molecule has 9 heteroatoms. The highest BCUT2D eigenvalue weighted by Crippen LogP contribution is 2.74. The molecule has 1 aliphatic heterocycles. The van der Waals surface area contributed by atoms with E-state index in [4.69, 9.17) is 9.47 Å². The standard InChI is InChI=1S/C42H32N2O7/c1-25-14-23-32(33(24-25)44(48)49)43-38(45)36-37(39(43)46)42(29-12-8-5-9-13-29)35(27-17-21-31(51-3)22-18-27)34(26-15-19-30(50-2)20-16-26)41(36,40(42)47)28-10-6-4-7-11-28/h4-24,36-37H,1-3H3/t36-,37+,41+,42-. The maximum atomic E-state index is 16.1. The predicted octanol–water partition coefficient (Wildman–Crippen LogP) is 7.11. The summed E-state index contributed by atoms with van der Waals surface area (Å²) >= 11 is 0. The number of hydrogen-bond donors (Lipinski definition) is 0. The Kier molecular flexibility index (Phi) is 7.27. The summed E-state index contributed by atoms with van der Waals surface area (Å²) in [4.78, 5) is 59.3. The Hall–Kier alpha value is -6.35. The monoisotopic (exact) mass is 676 g/mol. The van der Waals surface area contributed by atoms with Gasteiger partial charge in [-0.25, -0.2) is 4.90 Å². The molecule has 5 aromatic rings. The minimum Gasteiger partial charge on any atom is -0.497 e. The average Bonchev–Trinajstić information content (AvgIpc) is 3.67. The lowest BCUT2D eigenvalue weighted by Gasteiger charge is -2.39. The number of aryl methyl sites for hydroxylation is 1. The molecule has 3 aliphatic rings. The van der Waals surface area contributed by atoms with Crippen molar-refractivity contribution in [2.75, 3.05) is 19.1 Å². The van der Waals surface area contributed by atoms with Gasteiger partial charge in [-0.05, 0) is 76.2 Å². The molecule has 0 N–H and O–H groups in total. The molecule has 252 valence electrons. The summed E-state index contributed by atoms with van der Waals surface area (Å²) in [6, 6.07) is 37.4. The first-order valence-corrected chi connectivity index (χ1v) is 16.5. The molecule has 0 unspecified atom stereocenters. The lowest BCUT2D eigenvalue weighted by atomic mass is 9.59. The topological polar surface area (TPSA) is 116 Å². The first-order chi connectivity index (χ1) is 24.7. The van der Waals surface area contributed by atoms with E-state index in [-0.39, 0.29) is 17.2 Å². The van der Waals surface area contributed by atoms with E-state index >= 15 is 14.4 Å². The van der Waals surface area contributed by atoms with E-state index in [1.807, 2.05) is 84.9 Å². The summed E-state index contributed by atoms with van der Waals surface area (Å²) in [5.41, 5.74) is 0.450. The molecule has 0 radical (unpaired) electrons. The maximum absolute atomic E-state index is 16.1. The second-order valence-electron chi connectivity index (χ2n) is 13.1. The third kappa shape index (κ3) is 4.18. The molecule has 51 heavy (non-hydrogen) atoms. The molecule has 1 saturated heterocycles. The molecule has 2 bridgehead atoms. The number of anilines is 1. The molecule has 2 aliphatic carbocycles. The number of carbonyl (C=O) groups excluding carboxylic acids is 3. The van der Waals surface area contributed by atoms with Crippen LogP contribution in [0, 0.1) is 28.9 Å². The Morgan fingerprint density at radius 1 is 0.627 bits per heavy atom. The molecular formula is C42H32N2O7. The normalized spacial score (nSPS) is 23.5. The van der Waals surface area contributed by atoms with Crippen molar-refractivity contribution in [2.45, 2.75) is 17.8 Å². The van der Waals surface area contributed by atoms with Gasteiger partial charge in [0, 0.05) is 6.07 Å². The molecule has 1 saturated carbocycles. The van der Waals surface area contributed by atoms with Crippen molar-refractivity contribution in [2.24, 2.45) is 11.8 Å². The number of fused-ring (bicyclic) bond motifs is 5. The quantitative estimate of drug-likeness (QED) is 0.0977. The summed E-state index contributed by atoms with van der Waals surface area (Å²) in [7, 11) is 3.14. The van der Waals surface area contributed by atoms with Gasteiger partial charge in [-0.3, -0.25) is 24.5 Å². The van der Waals surface area contributed by atoms with Crippen LogP contribution < -0.4 is 14.4 Å². The molecule has 0 spiro atoms. The van der Waals surface area contributed by atoms with Crippen LogP contribution >= 0.6 is 0 Å². The van der Waals surface area contributed by atoms with Gasteiger partial charge in [0.05, 0.1) is 41.8 Å². The number of hydrogen-bond acceptors (Lipinski definition) is 7. The van der Waals surface area contributed by atoms with Crippen molar-refractivity contribution >= 4 is 40.1 Å². The van der Waals surface area contributed by atoms with Crippen LogP contribution in [0.5, 0.6) is 11.5 Å². The first kappa shape index (κ1) is 31.9. The van der Waals surface area contributed by atoms with Gasteiger partial charge in [-0.2, -0.15) is 0 Å². The second-order valence-corrected chi connectivity index (χ2v) is 13.1. The summed E-state index contributed by atoms with van der Waals surface area (Å²) in [6.07, 6.45) is 0. The van der Waals surface area contributed by atoms with Crippen LogP contribution in [0.4, 0.5) is 11.4 Å². The van der Waals surface area contributed by atoms with E-state index in [0.717, 1.165) is 4.90 Å². The second kappa shape index (κ2) is 11.6. The molecule has 2 amide bonds. The average molecular weight is 677 g/mol. The van der Waals surface area contributed by atoms with Gasteiger partial charge < -0.3 is 9.47 Å². The highest BCUT2D eigenvalue weighted by molar-refractivity contribution is 6.39. The number of methoxy groups -OCH3 is 2. The van der Waals surface area contributed by atoms with Crippen molar-refractivity contribution in [3.05, 3.63) is 165 Å². The highest BCUT2D eigenvalue weighted by Gasteiger charge is 2.83. The van der Waals surface area contributed by atoms with Crippen molar-refractivity contribution in [1.82, 2.24) is 0 Å². The van der Waals surface area contributed by atoms with Gasteiger partial charge in [0.2, 0.25) is 11.8 Å². The van der Waals surface area contributed by atoms with E-state index in [1.54, 1.807) is 51.5 Å². The van der Waals surface area contributed by atoms with Crippen molar-refractivity contribution in [3.63, 3.8) is 0 Å². The van der Waals surface area contributed by atoms with Crippen LogP contribution in [0.3, 0.4) is 0 Å². The fraction of sp³-hybridized carbons (Fsp3) is 0.167. The van der Waals surface area contributed by atoms with E-state index in [2.05, 4.69) is 0 Å². The minimum absolute atomic E-state index is 0.120.